The van der Waals surface area contributed by atoms with Gasteiger partial charge in [-0.2, -0.15) is 5.26 Å². The molecule has 1 amide bonds. The van der Waals surface area contributed by atoms with E-state index < -0.39 is 17.2 Å². The van der Waals surface area contributed by atoms with Crippen LogP contribution in [0.25, 0.3) is 0 Å². The summed E-state index contributed by atoms with van der Waals surface area (Å²) in [5, 5.41) is 8.93. The zero-order chi connectivity index (χ0) is 13.0. The molecule has 0 saturated heterocycles. The molecule has 1 unspecified atom stereocenters. The summed E-state index contributed by atoms with van der Waals surface area (Å²) in [6.45, 7) is 2.95. The monoisotopic (exact) mass is 253 g/mol. The second-order valence-corrected chi connectivity index (χ2v) is 4.28. The summed E-state index contributed by atoms with van der Waals surface area (Å²) in [5.74, 6) is -0.479. The number of carbonyl (C=O) groups is 1. The lowest BCUT2D eigenvalue weighted by Gasteiger charge is -2.18. The van der Waals surface area contributed by atoms with E-state index >= 15 is 0 Å². The fourth-order valence-electron chi connectivity index (χ4n) is 1.23. The molecule has 0 bridgehead atoms. The van der Waals surface area contributed by atoms with Crippen LogP contribution in [-0.2, 0) is 20.2 Å². The molecule has 0 N–H and O–H groups in total. The van der Waals surface area contributed by atoms with E-state index in [0.717, 1.165) is 4.31 Å². The number of anilines is 1. The molecule has 6 nitrogen and oxygen atoms in total. The normalized spacial score (nSPS) is 11.6. The van der Waals surface area contributed by atoms with E-state index in [9.17, 15) is 9.00 Å². The molecule has 0 spiro atoms. The number of amides is 1. The van der Waals surface area contributed by atoms with E-state index in [0.29, 0.717) is 5.69 Å². The molecule has 0 aliphatic carbocycles. The fraction of sp³-hybridized carbons (Fsp3) is 0.300. The number of aryl methyl sites for hydroxylation is 1. The lowest BCUT2D eigenvalue weighted by molar-refractivity contribution is -0.115. The van der Waals surface area contributed by atoms with E-state index in [1.54, 1.807) is 6.92 Å². The van der Waals surface area contributed by atoms with Crippen molar-refractivity contribution in [1.29, 1.82) is 5.26 Å². The maximum absolute atomic E-state index is 11.6. The summed E-state index contributed by atoms with van der Waals surface area (Å²) in [7, 11) is 1.21. The van der Waals surface area contributed by atoms with E-state index in [2.05, 4.69) is 9.17 Å². The van der Waals surface area contributed by atoms with Gasteiger partial charge in [-0.05, 0) is 13.0 Å². The summed E-state index contributed by atoms with van der Waals surface area (Å²) in [4.78, 5) is 15.4. The fourth-order valence-corrected chi connectivity index (χ4v) is 1.90. The Morgan fingerprint density at radius 2 is 2.29 bits per heavy atom. The number of aromatic nitrogens is 1. The Labute approximate surface area is 102 Å². The second kappa shape index (κ2) is 5.52. The Morgan fingerprint density at radius 3 is 2.76 bits per heavy atom. The number of carbonyl (C=O) groups excluding carboxylic acids is 1. The standard InChI is InChI=1S/C10H11N3O3S/c1-7-4-10(9(5-11)6-12-7)13(8(2)14)17(15)16-3/h4,6H,1-3H3. The molecule has 7 heteroatoms. The second-order valence-electron chi connectivity index (χ2n) is 3.15. The minimum atomic E-state index is -1.96. The van der Waals surface area contributed by atoms with Gasteiger partial charge < -0.3 is 0 Å². The van der Waals surface area contributed by atoms with Crippen molar-refractivity contribution >= 4 is 22.9 Å². The Hall–Kier alpha value is -1.78. The van der Waals surface area contributed by atoms with Gasteiger partial charge in [-0.25, -0.2) is 8.51 Å². The highest BCUT2D eigenvalue weighted by Gasteiger charge is 2.22. The van der Waals surface area contributed by atoms with Crippen molar-refractivity contribution in [3.8, 4) is 6.07 Å². The summed E-state index contributed by atoms with van der Waals surface area (Å²) >= 11 is -1.96. The highest BCUT2D eigenvalue weighted by atomic mass is 32.2. The quantitative estimate of drug-likeness (QED) is 0.797. The van der Waals surface area contributed by atoms with Gasteiger partial charge in [0.25, 0.3) is 11.3 Å². The van der Waals surface area contributed by atoms with Crippen LogP contribution in [0.3, 0.4) is 0 Å². The third-order valence-corrected chi connectivity index (χ3v) is 2.97. The number of rotatable bonds is 3. The summed E-state index contributed by atoms with van der Waals surface area (Å²) < 4.78 is 17.1. The van der Waals surface area contributed by atoms with Crippen molar-refractivity contribution in [1.82, 2.24) is 4.98 Å². The molecule has 90 valence electrons. The van der Waals surface area contributed by atoms with Crippen LogP contribution in [-0.4, -0.2) is 22.2 Å². The molecular weight excluding hydrogens is 242 g/mol. The van der Waals surface area contributed by atoms with Crippen LogP contribution in [0.15, 0.2) is 12.3 Å². The van der Waals surface area contributed by atoms with Crippen molar-refractivity contribution in [2.75, 3.05) is 11.4 Å². The Bertz CT molecular complexity index is 510. The number of hydrogen-bond donors (Lipinski definition) is 0. The first-order chi connectivity index (χ1) is 8.01. The van der Waals surface area contributed by atoms with Gasteiger partial charge in [0.2, 0.25) is 5.91 Å². The Morgan fingerprint density at radius 1 is 1.65 bits per heavy atom. The minimum Gasteiger partial charge on any atom is -0.277 e. The Kier molecular flexibility index (Phi) is 4.31. The smallest absolute Gasteiger partial charge is 0.271 e. The van der Waals surface area contributed by atoms with Gasteiger partial charge in [0, 0.05) is 18.8 Å². The highest BCUT2D eigenvalue weighted by molar-refractivity contribution is 7.82. The molecule has 0 saturated carbocycles. The molecule has 17 heavy (non-hydrogen) atoms. The first-order valence-corrected chi connectivity index (χ1v) is 5.68. The number of nitrogens with zero attached hydrogens (tertiary/aromatic N) is 3. The molecule has 0 aliphatic rings. The van der Waals surface area contributed by atoms with Crippen molar-refractivity contribution < 1.29 is 13.2 Å². The molecule has 0 aliphatic heterocycles. The molecule has 1 atom stereocenters. The van der Waals surface area contributed by atoms with Crippen molar-refractivity contribution in [3.05, 3.63) is 23.5 Å². The van der Waals surface area contributed by atoms with E-state index in [4.69, 9.17) is 5.26 Å². The SMILES string of the molecule is COS(=O)N(C(C)=O)c1cc(C)ncc1C#N. The molecule has 1 heterocycles. The Balaban J connectivity index is 3.37. The zero-order valence-electron chi connectivity index (χ0n) is 9.63. The van der Waals surface area contributed by atoms with Crippen LogP contribution < -0.4 is 4.31 Å². The van der Waals surface area contributed by atoms with Crippen LogP contribution in [0.4, 0.5) is 5.69 Å². The third kappa shape index (κ3) is 2.87. The lowest BCUT2D eigenvalue weighted by Crippen LogP contribution is -2.32. The van der Waals surface area contributed by atoms with Crippen LogP contribution in [0.1, 0.15) is 18.2 Å². The van der Waals surface area contributed by atoms with Gasteiger partial charge in [-0.1, -0.05) is 0 Å². The highest BCUT2D eigenvalue weighted by Crippen LogP contribution is 2.22. The number of pyridine rings is 1. The average Bonchev–Trinajstić information content (AvgIpc) is 2.29. The predicted octanol–water partition coefficient (Wildman–Crippen LogP) is 0.840. The molecule has 0 aromatic carbocycles. The van der Waals surface area contributed by atoms with Crippen LogP contribution in [0.2, 0.25) is 0 Å². The number of hydrogen-bond acceptors (Lipinski definition) is 5. The maximum atomic E-state index is 11.6. The summed E-state index contributed by atoms with van der Waals surface area (Å²) in [6.07, 6.45) is 1.33. The first-order valence-electron chi connectivity index (χ1n) is 4.65. The van der Waals surface area contributed by atoms with Gasteiger partial charge in [0.15, 0.2) is 0 Å². The van der Waals surface area contributed by atoms with Gasteiger partial charge in [0.1, 0.15) is 6.07 Å². The van der Waals surface area contributed by atoms with Gasteiger partial charge in [0.05, 0.1) is 18.4 Å². The zero-order valence-corrected chi connectivity index (χ0v) is 10.4. The molecule has 0 fully saturated rings. The summed E-state index contributed by atoms with van der Waals surface area (Å²) in [6, 6.07) is 3.40. The minimum absolute atomic E-state index is 0.163. The third-order valence-electron chi connectivity index (χ3n) is 1.94. The van der Waals surface area contributed by atoms with Gasteiger partial charge >= 0.3 is 0 Å². The van der Waals surface area contributed by atoms with Crippen LogP contribution >= 0.6 is 0 Å². The first kappa shape index (κ1) is 13.3. The molecule has 1 aromatic heterocycles. The molecule has 1 rings (SSSR count). The van der Waals surface area contributed by atoms with Crippen LogP contribution in [0, 0.1) is 18.3 Å². The molecule has 0 radical (unpaired) electrons. The predicted molar refractivity (Wildman–Crippen MR) is 62.0 cm³/mol. The van der Waals surface area contributed by atoms with Gasteiger partial charge in [-0.3, -0.25) is 14.0 Å². The van der Waals surface area contributed by atoms with Crippen molar-refractivity contribution in [2.24, 2.45) is 0 Å². The summed E-state index contributed by atoms with van der Waals surface area (Å²) in [5.41, 5.74) is 1.00. The van der Waals surface area contributed by atoms with Crippen LogP contribution in [0.5, 0.6) is 0 Å². The maximum Gasteiger partial charge on any atom is 0.271 e. The average molecular weight is 253 g/mol. The van der Waals surface area contributed by atoms with Gasteiger partial charge in [-0.15, -0.1) is 0 Å². The number of nitriles is 1. The molecule has 1 aromatic rings. The largest absolute Gasteiger partial charge is 0.277 e. The lowest BCUT2D eigenvalue weighted by atomic mass is 10.2. The molecular formula is C10H11N3O3S. The van der Waals surface area contributed by atoms with E-state index in [-0.39, 0.29) is 11.3 Å². The topological polar surface area (TPSA) is 83.3 Å². The van der Waals surface area contributed by atoms with Crippen molar-refractivity contribution in [2.45, 2.75) is 13.8 Å². The van der Waals surface area contributed by atoms with E-state index in [1.165, 1.54) is 26.3 Å². The van der Waals surface area contributed by atoms with E-state index in [1.807, 2.05) is 6.07 Å². The van der Waals surface area contributed by atoms with Crippen molar-refractivity contribution in [3.63, 3.8) is 0 Å².